The summed E-state index contributed by atoms with van der Waals surface area (Å²) in [5.74, 6) is 0. The molecule has 1 heteroatoms. The van der Waals surface area contributed by atoms with Crippen molar-refractivity contribution in [3.63, 3.8) is 0 Å². The van der Waals surface area contributed by atoms with Crippen LogP contribution in [0.3, 0.4) is 0 Å². The first-order valence-corrected chi connectivity index (χ1v) is 4.44. The minimum absolute atomic E-state index is 0.898. The molecule has 1 N–H and O–H groups in total. The van der Waals surface area contributed by atoms with Crippen LogP contribution in [0.1, 0.15) is 34.1 Å². The number of hydrogen-bond donors (Lipinski definition) is 1. The second kappa shape index (κ2) is 10.0. The van der Waals surface area contributed by atoms with Crippen molar-refractivity contribution < 1.29 is 0 Å². The highest BCUT2D eigenvalue weighted by atomic mass is 14.9. The minimum Gasteiger partial charge on any atom is -0.360 e. The molecule has 0 spiro atoms. The fourth-order valence-electron chi connectivity index (χ4n) is 0.576. The lowest BCUT2D eigenvalue weighted by Gasteiger charge is -2.02. The molecule has 0 saturated heterocycles. The van der Waals surface area contributed by atoms with Crippen LogP contribution in [-0.4, -0.2) is 0 Å². The molecule has 0 aliphatic heterocycles. The third kappa shape index (κ3) is 11.8. The number of allylic oxidation sites excluding steroid dienone is 3. The quantitative estimate of drug-likeness (QED) is 0.631. The van der Waals surface area contributed by atoms with Crippen molar-refractivity contribution in [2.45, 2.75) is 34.1 Å². The standard InChI is InChI=1S/C9H15N.C2H6/c1-5-6-7-9(4)10-8(2)3;1-2/h6-7,10H,2,4-5H2,1,3H3;1-2H3/b7-6-;. The highest BCUT2D eigenvalue weighted by Crippen LogP contribution is 1.92. The Kier molecular flexibility index (Phi) is 11.4. The molecule has 70 valence electrons. The maximum Gasteiger partial charge on any atom is 0.0305 e. The Morgan fingerprint density at radius 2 is 1.83 bits per heavy atom. The first-order chi connectivity index (χ1) is 5.66. The first-order valence-electron chi connectivity index (χ1n) is 4.44. The Hall–Kier alpha value is -0.980. The van der Waals surface area contributed by atoms with E-state index in [1.54, 1.807) is 0 Å². The van der Waals surface area contributed by atoms with Crippen molar-refractivity contribution in [2.75, 3.05) is 0 Å². The van der Waals surface area contributed by atoms with Gasteiger partial charge in [0.15, 0.2) is 0 Å². The minimum atomic E-state index is 0.898. The van der Waals surface area contributed by atoms with Gasteiger partial charge in [-0.15, -0.1) is 0 Å². The third-order valence-electron chi connectivity index (χ3n) is 0.929. The smallest absolute Gasteiger partial charge is 0.0305 e. The van der Waals surface area contributed by atoms with Gasteiger partial charge in [0.2, 0.25) is 0 Å². The maximum atomic E-state index is 3.77. The topological polar surface area (TPSA) is 12.0 Å². The van der Waals surface area contributed by atoms with Crippen LogP contribution in [0.2, 0.25) is 0 Å². The summed E-state index contributed by atoms with van der Waals surface area (Å²) in [6.45, 7) is 15.5. The molecule has 0 radical (unpaired) electrons. The molecule has 0 atom stereocenters. The average molecular weight is 167 g/mol. The van der Waals surface area contributed by atoms with Crippen LogP contribution in [-0.2, 0) is 0 Å². The molecule has 0 aliphatic rings. The van der Waals surface area contributed by atoms with Gasteiger partial charge in [0.25, 0.3) is 0 Å². The molecule has 0 bridgehead atoms. The van der Waals surface area contributed by atoms with Gasteiger partial charge in [0.05, 0.1) is 0 Å². The second-order valence-electron chi connectivity index (χ2n) is 2.24. The van der Waals surface area contributed by atoms with Gasteiger partial charge in [-0.2, -0.15) is 0 Å². The van der Waals surface area contributed by atoms with Crippen LogP contribution in [0.15, 0.2) is 36.7 Å². The Bertz CT molecular complexity index is 154. The summed E-state index contributed by atoms with van der Waals surface area (Å²) in [4.78, 5) is 0. The predicted molar refractivity (Wildman–Crippen MR) is 57.9 cm³/mol. The van der Waals surface area contributed by atoms with Crippen LogP contribution in [0.5, 0.6) is 0 Å². The molecule has 0 aromatic heterocycles. The SMILES string of the molecule is C=C(C)NC(=C)/C=C\CC.CC. The van der Waals surface area contributed by atoms with Gasteiger partial charge in [-0.05, 0) is 19.4 Å². The Balaban J connectivity index is 0. The van der Waals surface area contributed by atoms with Gasteiger partial charge in [0.1, 0.15) is 0 Å². The van der Waals surface area contributed by atoms with Crippen molar-refractivity contribution in [1.82, 2.24) is 5.32 Å². The van der Waals surface area contributed by atoms with Crippen LogP contribution in [0.4, 0.5) is 0 Å². The molecule has 0 aromatic rings. The Morgan fingerprint density at radius 3 is 2.17 bits per heavy atom. The van der Waals surface area contributed by atoms with E-state index in [1.807, 2.05) is 26.8 Å². The van der Waals surface area contributed by atoms with E-state index in [4.69, 9.17) is 0 Å². The van der Waals surface area contributed by atoms with Gasteiger partial charge in [-0.1, -0.05) is 40.0 Å². The van der Waals surface area contributed by atoms with E-state index in [0.717, 1.165) is 17.8 Å². The molecule has 1 nitrogen and oxygen atoms in total. The lowest BCUT2D eigenvalue weighted by molar-refractivity contribution is 1.01. The van der Waals surface area contributed by atoms with Crippen LogP contribution < -0.4 is 5.32 Å². The number of nitrogens with one attached hydrogen (secondary N) is 1. The lowest BCUT2D eigenvalue weighted by atomic mass is 10.3. The fraction of sp³-hybridized carbons (Fsp3) is 0.455. The summed E-state index contributed by atoms with van der Waals surface area (Å²) in [6.07, 6.45) is 5.05. The summed E-state index contributed by atoms with van der Waals surface area (Å²) in [5.41, 5.74) is 1.82. The van der Waals surface area contributed by atoms with Crippen LogP contribution in [0.25, 0.3) is 0 Å². The van der Waals surface area contributed by atoms with E-state index in [9.17, 15) is 0 Å². The van der Waals surface area contributed by atoms with Crippen LogP contribution in [0, 0.1) is 0 Å². The highest BCUT2D eigenvalue weighted by Gasteiger charge is 1.83. The van der Waals surface area contributed by atoms with E-state index in [-0.39, 0.29) is 0 Å². The summed E-state index contributed by atoms with van der Waals surface area (Å²) < 4.78 is 0. The summed E-state index contributed by atoms with van der Waals surface area (Å²) in [6, 6.07) is 0. The van der Waals surface area contributed by atoms with Gasteiger partial charge < -0.3 is 5.32 Å². The summed E-state index contributed by atoms with van der Waals surface area (Å²) in [7, 11) is 0. The molecule has 0 aromatic carbocycles. The van der Waals surface area contributed by atoms with E-state index < -0.39 is 0 Å². The maximum absolute atomic E-state index is 3.77. The molecule has 12 heavy (non-hydrogen) atoms. The van der Waals surface area contributed by atoms with Crippen molar-refractivity contribution in [2.24, 2.45) is 0 Å². The normalized spacial score (nSPS) is 8.67. The zero-order valence-corrected chi connectivity index (χ0v) is 8.78. The molecule has 0 amide bonds. The molecular formula is C11H21N. The van der Waals surface area contributed by atoms with E-state index in [2.05, 4.69) is 31.5 Å². The predicted octanol–water partition coefficient (Wildman–Crippen LogP) is 3.62. The molecule has 0 fully saturated rings. The fourth-order valence-corrected chi connectivity index (χ4v) is 0.576. The monoisotopic (exact) mass is 167 g/mol. The van der Waals surface area contributed by atoms with Gasteiger partial charge >= 0.3 is 0 Å². The Morgan fingerprint density at radius 1 is 1.33 bits per heavy atom. The van der Waals surface area contributed by atoms with Crippen molar-refractivity contribution >= 4 is 0 Å². The lowest BCUT2D eigenvalue weighted by Crippen LogP contribution is -2.05. The number of rotatable bonds is 4. The highest BCUT2D eigenvalue weighted by molar-refractivity contribution is 5.16. The van der Waals surface area contributed by atoms with Crippen molar-refractivity contribution in [1.29, 1.82) is 0 Å². The van der Waals surface area contributed by atoms with Crippen molar-refractivity contribution in [3.05, 3.63) is 36.7 Å². The van der Waals surface area contributed by atoms with Crippen molar-refractivity contribution in [3.8, 4) is 0 Å². The van der Waals surface area contributed by atoms with Gasteiger partial charge in [-0.3, -0.25) is 0 Å². The number of hydrogen-bond acceptors (Lipinski definition) is 1. The molecule has 0 aliphatic carbocycles. The molecule has 0 rings (SSSR count). The largest absolute Gasteiger partial charge is 0.360 e. The van der Waals surface area contributed by atoms with Gasteiger partial charge in [-0.25, -0.2) is 0 Å². The Labute approximate surface area is 76.9 Å². The molecular weight excluding hydrogens is 146 g/mol. The first kappa shape index (κ1) is 13.6. The van der Waals surface area contributed by atoms with Crippen LogP contribution >= 0.6 is 0 Å². The van der Waals surface area contributed by atoms with E-state index in [1.165, 1.54) is 0 Å². The summed E-state index contributed by atoms with van der Waals surface area (Å²) >= 11 is 0. The molecule has 0 unspecified atom stereocenters. The third-order valence-corrected chi connectivity index (χ3v) is 0.929. The molecule has 0 saturated carbocycles. The van der Waals surface area contributed by atoms with E-state index in [0.29, 0.717) is 0 Å². The zero-order valence-electron chi connectivity index (χ0n) is 8.78. The second-order valence-corrected chi connectivity index (χ2v) is 2.24. The summed E-state index contributed by atoms with van der Waals surface area (Å²) in [5, 5.41) is 3.00. The van der Waals surface area contributed by atoms with Gasteiger partial charge in [0, 0.05) is 11.4 Å². The zero-order chi connectivity index (χ0) is 9.98. The average Bonchev–Trinajstić information content (AvgIpc) is 2.03. The van der Waals surface area contributed by atoms with E-state index >= 15 is 0 Å². The molecule has 0 heterocycles.